The van der Waals surface area contributed by atoms with Crippen LogP contribution in [0.25, 0.3) is 10.9 Å². The van der Waals surface area contributed by atoms with Gasteiger partial charge in [0.25, 0.3) is 5.91 Å². The van der Waals surface area contributed by atoms with Gasteiger partial charge in [0.1, 0.15) is 11.3 Å². The fourth-order valence-electron chi connectivity index (χ4n) is 3.97. The number of thiazole rings is 1. The molecule has 0 unspecified atom stereocenters. The van der Waals surface area contributed by atoms with Crippen LogP contribution in [0.15, 0.2) is 28.6 Å². The zero-order valence-electron chi connectivity index (χ0n) is 16.9. The van der Waals surface area contributed by atoms with Gasteiger partial charge in [0.15, 0.2) is 16.7 Å². The Hall–Kier alpha value is -2.98. The van der Waals surface area contributed by atoms with E-state index in [2.05, 4.69) is 10.3 Å². The van der Waals surface area contributed by atoms with Crippen LogP contribution in [-0.2, 0) is 4.74 Å². The Kier molecular flexibility index (Phi) is 5.11. The molecule has 31 heavy (non-hydrogen) atoms. The average Bonchev–Trinajstić information content (AvgIpc) is 3.50. The summed E-state index contributed by atoms with van der Waals surface area (Å²) in [6.07, 6.45) is 4.96. The number of rotatable bonds is 5. The van der Waals surface area contributed by atoms with Crippen molar-refractivity contribution in [3.63, 3.8) is 0 Å². The highest BCUT2D eigenvalue weighted by atomic mass is 32.1. The van der Waals surface area contributed by atoms with Crippen molar-refractivity contribution in [3.05, 3.63) is 45.4 Å². The number of pyridine rings is 1. The highest BCUT2D eigenvalue weighted by Crippen LogP contribution is 2.43. The Morgan fingerprint density at radius 1 is 1.35 bits per heavy atom. The first-order valence-corrected chi connectivity index (χ1v) is 11.0. The molecule has 3 aromatic rings. The van der Waals surface area contributed by atoms with E-state index in [9.17, 15) is 9.59 Å². The van der Waals surface area contributed by atoms with Gasteiger partial charge in [-0.3, -0.25) is 14.9 Å². The molecule has 0 radical (unpaired) electrons. The van der Waals surface area contributed by atoms with Crippen LogP contribution < -0.4 is 20.4 Å². The zero-order chi connectivity index (χ0) is 21.5. The normalized spacial score (nSPS) is 16.5. The summed E-state index contributed by atoms with van der Waals surface area (Å²) < 4.78 is 28.2. The number of halogens is 1. The minimum atomic E-state index is -0.562. The molecule has 0 bridgehead atoms. The first-order valence-electron chi connectivity index (χ1n) is 10.1. The quantitative estimate of drug-likeness (QED) is 0.651. The number of carbonyl (C=O) groups is 1. The molecule has 10 heteroatoms. The first kappa shape index (κ1) is 20.0. The summed E-state index contributed by atoms with van der Waals surface area (Å²) in [4.78, 5) is 32.0. The fraction of sp³-hybridized carbons (Fsp3) is 0.381. The molecule has 1 amide bonds. The molecule has 2 aromatic heterocycles. The Morgan fingerprint density at radius 2 is 2.13 bits per heavy atom. The maximum Gasteiger partial charge on any atom is 0.262 e. The van der Waals surface area contributed by atoms with E-state index in [1.807, 2.05) is 9.47 Å². The molecule has 0 atom stereocenters. The van der Waals surface area contributed by atoms with Gasteiger partial charge in [0.2, 0.25) is 5.43 Å². The number of fused-ring (bicyclic) bond motifs is 1. The Labute approximate surface area is 181 Å². The molecule has 5 rings (SSSR count). The number of hydrogen-bond acceptors (Lipinski definition) is 7. The van der Waals surface area contributed by atoms with Crippen LogP contribution in [0.4, 0.5) is 15.2 Å². The second-order valence-electron chi connectivity index (χ2n) is 7.54. The maximum atomic E-state index is 15.3. The van der Waals surface area contributed by atoms with Gasteiger partial charge in [-0.1, -0.05) is 0 Å². The summed E-state index contributed by atoms with van der Waals surface area (Å²) >= 11 is 1.26. The lowest BCUT2D eigenvalue weighted by Gasteiger charge is -2.31. The molecule has 162 valence electrons. The lowest BCUT2D eigenvalue weighted by atomic mass is 10.1. The largest absolute Gasteiger partial charge is 0.492 e. The number of nitrogens with one attached hydrogen (secondary N) is 1. The Bertz CT molecular complexity index is 1200. The van der Waals surface area contributed by atoms with Crippen LogP contribution in [0.5, 0.6) is 5.75 Å². The van der Waals surface area contributed by atoms with Gasteiger partial charge in [-0.25, -0.2) is 9.37 Å². The summed E-state index contributed by atoms with van der Waals surface area (Å²) in [7, 11) is 1.48. The minimum absolute atomic E-state index is 0.0461. The highest BCUT2D eigenvalue weighted by molar-refractivity contribution is 7.13. The number of morpholine rings is 1. The molecule has 1 saturated heterocycles. The molecule has 1 aliphatic carbocycles. The highest BCUT2D eigenvalue weighted by Gasteiger charge is 2.31. The van der Waals surface area contributed by atoms with E-state index in [4.69, 9.17) is 9.47 Å². The zero-order valence-corrected chi connectivity index (χ0v) is 17.7. The van der Waals surface area contributed by atoms with Crippen molar-refractivity contribution in [1.82, 2.24) is 9.55 Å². The number of aromatic nitrogens is 2. The molecular weight excluding hydrogens is 423 g/mol. The van der Waals surface area contributed by atoms with Crippen LogP contribution in [-0.4, -0.2) is 48.9 Å². The van der Waals surface area contributed by atoms with Gasteiger partial charge in [-0.2, -0.15) is 0 Å². The molecule has 1 saturated carbocycles. The van der Waals surface area contributed by atoms with Crippen LogP contribution in [0.1, 0.15) is 29.2 Å². The third kappa shape index (κ3) is 3.55. The number of carbonyl (C=O) groups excluding carboxylic acids is 1. The van der Waals surface area contributed by atoms with Gasteiger partial charge in [0, 0.05) is 36.9 Å². The standard InChI is InChI=1S/C21H21FN4O4S/c1-29-19-16-13(10-15(22)17(19)25-5-7-30-8-6-25)18(27)14(11-26(16)12-2-3-12)20(28)24-21-23-4-9-31-21/h4,9-12H,2-3,5-8H2,1H3,(H,23,24,28). The van der Waals surface area contributed by atoms with Crippen molar-refractivity contribution in [1.29, 1.82) is 0 Å². The molecule has 0 spiro atoms. The van der Waals surface area contributed by atoms with Gasteiger partial charge in [-0.15, -0.1) is 11.3 Å². The second kappa shape index (κ2) is 7.93. The summed E-state index contributed by atoms with van der Waals surface area (Å²) in [5, 5.41) is 4.90. The molecule has 2 fully saturated rings. The smallest absolute Gasteiger partial charge is 0.262 e. The van der Waals surface area contributed by atoms with Crippen molar-refractivity contribution in [2.45, 2.75) is 18.9 Å². The predicted molar refractivity (Wildman–Crippen MR) is 116 cm³/mol. The molecule has 3 heterocycles. The Balaban J connectivity index is 1.71. The number of ether oxygens (including phenoxy) is 2. The van der Waals surface area contributed by atoms with E-state index in [1.54, 1.807) is 17.8 Å². The number of nitrogens with zero attached hydrogens (tertiary/aromatic N) is 3. The average molecular weight is 444 g/mol. The molecule has 2 aliphatic rings. The minimum Gasteiger partial charge on any atom is -0.492 e. The molecule has 1 N–H and O–H groups in total. The number of hydrogen-bond donors (Lipinski definition) is 1. The SMILES string of the molecule is COc1c(N2CCOCC2)c(F)cc2c(=O)c(C(=O)Nc3nccs3)cn(C3CC3)c12. The van der Waals surface area contributed by atoms with E-state index in [1.165, 1.54) is 24.5 Å². The Morgan fingerprint density at radius 3 is 2.77 bits per heavy atom. The van der Waals surface area contributed by atoms with Gasteiger partial charge in [0.05, 0.1) is 31.2 Å². The maximum absolute atomic E-state index is 15.3. The van der Waals surface area contributed by atoms with E-state index >= 15 is 4.39 Å². The van der Waals surface area contributed by atoms with Crippen molar-refractivity contribution in [2.75, 3.05) is 43.6 Å². The monoisotopic (exact) mass is 444 g/mol. The lowest BCUT2D eigenvalue weighted by molar-refractivity contribution is 0.102. The number of anilines is 2. The second-order valence-corrected chi connectivity index (χ2v) is 8.43. The summed E-state index contributed by atoms with van der Waals surface area (Å²) in [6, 6.07) is 1.36. The van der Waals surface area contributed by atoms with Crippen LogP contribution >= 0.6 is 11.3 Å². The number of amides is 1. The van der Waals surface area contributed by atoms with Crippen LogP contribution in [0, 0.1) is 5.82 Å². The molecular formula is C21H21FN4O4S. The van der Waals surface area contributed by atoms with Crippen LogP contribution in [0.3, 0.4) is 0 Å². The molecule has 8 nitrogen and oxygen atoms in total. The predicted octanol–water partition coefficient (Wildman–Crippen LogP) is 3.03. The third-order valence-electron chi connectivity index (χ3n) is 5.57. The first-order chi connectivity index (χ1) is 15.1. The van der Waals surface area contributed by atoms with Crippen molar-refractivity contribution >= 4 is 39.0 Å². The van der Waals surface area contributed by atoms with Crippen molar-refractivity contribution in [3.8, 4) is 5.75 Å². The summed E-state index contributed by atoms with van der Waals surface area (Å²) in [5.41, 5.74) is 0.262. The van der Waals surface area contributed by atoms with Crippen molar-refractivity contribution in [2.24, 2.45) is 0 Å². The topological polar surface area (TPSA) is 85.7 Å². The lowest BCUT2D eigenvalue weighted by Crippen LogP contribution is -2.37. The fourth-order valence-corrected chi connectivity index (χ4v) is 4.49. The summed E-state index contributed by atoms with van der Waals surface area (Å²) in [5.74, 6) is -0.802. The molecule has 1 aliphatic heterocycles. The van der Waals surface area contributed by atoms with Gasteiger partial charge >= 0.3 is 0 Å². The molecule has 1 aromatic carbocycles. The van der Waals surface area contributed by atoms with Gasteiger partial charge < -0.3 is 18.9 Å². The van der Waals surface area contributed by atoms with Crippen molar-refractivity contribution < 1.29 is 18.7 Å². The van der Waals surface area contributed by atoms with E-state index < -0.39 is 17.2 Å². The third-order valence-corrected chi connectivity index (χ3v) is 6.26. The van der Waals surface area contributed by atoms with Gasteiger partial charge in [-0.05, 0) is 18.9 Å². The number of benzene rings is 1. The van der Waals surface area contributed by atoms with E-state index in [-0.39, 0.29) is 17.0 Å². The van der Waals surface area contributed by atoms with Crippen LogP contribution in [0.2, 0.25) is 0 Å². The summed E-state index contributed by atoms with van der Waals surface area (Å²) in [6.45, 7) is 2.04. The van der Waals surface area contributed by atoms with E-state index in [0.717, 1.165) is 12.8 Å². The van der Waals surface area contributed by atoms with E-state index in [0.29, 0.717) is 48.4 Å². The number of methoxy groups -OCH3 is 1.